The Kier molecular flexibility index (Phi) is 1.25. The second-order valence-corrected chi connectivity index (χ2v) is 2.54. The molecule has 4 heteroatoms. The van der Waals surface area contributed by atoms with Crippen molar-refractivity contribution in [2.45, 2.75) is 0 Å². The maximum atomic E-state index is 4.10. The number of rotatable bonds is 1. The van der Waals surface area contributed by atoms with E-state index < -0.39 is 0 Å². The van der Waals surface area contributed by atoms with Gasteiger partial charge in [0.2, 0.25) is 0 Å². The zero-order valence-electron chi connectivity index (χ0n) is 5.14. The SMILES string of the molecule is c1cn(-c2cscn2)cn1. The van der Waals surface area contributed by atoms with E-state index in [1.807, 2.05) is 16.1 Å². The van der Waals surface area contributed by atoms with Gasteiger partial charge in [0.1, 0.15) is 12.1 Å². The number of hydrogen-bond acceptors (Lipinski definition) is 3. The molecule has 0 amide bonds. The van der Waals surface area contributed by atoms with Crippen LogP contribution >= 0.6 is 11.3 Å². The second-order valence-electron chi connectivity index (χ2n) is 1.82. The van der Waals surface area contributed by atoms with E-state index in [1.165, 1.54) is 0 Å². The first-order chi connectivity index (χ1) is 4.97. The van der Waals surface area contributed by atoms with Crippen LogP contribution in [0, 0.1) is 0 Å². The van der Waals surface area contributed by atoms with Crippen molar-refractivity contribution in [3.8, 4) is 5.82 Å². The lowest BCUT2D eigenvalue weighted by molar-refractivity contribution is 1.01. The monoisotopic (exact) mass is 151 g/mol. The summed E-state index contributed by atoms with van der Waals surface area (Å²) < 4.78 is 1.87. The van der Waals surface area contributed by atoms with E-state index in [2.05, 4.69) is 9.97 Å². The van der Waals surface area contributed by atoms with Gasteiger partial charge in [-0.3, -0.25) is 4.57 Å². The van der Waals surface area contributed by atoms with Crippen LogP contribution in [0.15, 0.2) is 29.6 Å². The average molecular weight is 151 g/mol. The zero-order valence-corrected chi connectivity index (χ0v) is 5.95. The molecule has 2 rings (SSSR count). The molecule has 0 aliphatic heterocycles. The Morgan fingerprint density at radius 3 is 3.10 bits per heavy atom. The van der Waals surface area contributed by atoms with Gasteiger partial charge >= 0.3 is 0 Å². The molecule has 0 aliphatic rings. The van der Waals surface area contributed by atoms with Crippen LogP contribution in [0.4, 0.5) is 0 Å². The lowest BCUT2D eigenvalue weighted by atomic mass is 10.7. The summed E-state index contributed by atoms with van der Waals surface area (Å²) in [6.07, 6.45) is 5.34. The van der Waals surface area contributed by atoms with Crippen LogP contribution in [-0.2, 0) is 0 Å². The quantitative estimate of drug-likeness (QED) is 0.615. The molecule has 2 heterocycles. The van der Waals surface area contributed by atoms with E-state index in [0.717, 1.165) is 5.82 Å². The molecule has 50 valence electrons. The largest absolute Gasteiger partial charge is 0.290 e. The molecule has 0 radical (unpaired) electrons. The summed E-state index contributed by atoms with van der Waals surface area (Å²) >= 11 is 1.58. The first-order valence-corrected chi connectivity index (χ1v) is 3.77. The molecule has 0 spiro atoms. The molecule has 0 aliphatic carbocycles. The van der Waals surface area contributed by atoms with Crippen LogP contribution in [0.2, 0.25) is 0 Å². The van der Waals surface area contributed by atoms with Gasteiger partial charge in [-0.25, -0.2) is 9.97 Å². The van der Waals surface area contributed by atoms with E-state index in [0.29, 0.717) is 0 Å². The van der Waals surface area contributed by atoms with Crippen molar-refractivity contribution >= 4 is 11.3 Å². The molecule has 0 unspecified atom stereocenters. The van der Waals surface area contributed by atoms with Crippen LogP contribution in [0.3, 0.4) is 0 Å². The van der Waals surface area contributed by atoms with Gasteiger partial charge in [-0.05, 0) is 0 Å². The highest BCUT2D eigenvalue weighted by Crippen LogP contribution is 2.05. The molecule has 0 saturated carbocycles. The van der Waals surface area contributed by atoms with Gasteiger partial charge in [0, 0.05) is 17.8 Å². The second kappa shape index (κ2) is 2.22. The minimum Gasteiger partial charge on any atom is -0.290 e. The number of nitrogens with zero attached hydrogens (tertiary/aromatic N) is 3. The van der Waals surface area contributed by atoms with Crippen LogP contribution in [0.25, 0.3) is 5.82 Å². The van der Waals surface area contributed by atoms with Gasteiger partial charge in [-0.2, -0.15) is 0 Å². The Morgan fingerprint density at radius 1 is 1.50 bits per heavy atom. The molecule has 0 N–H and O–H groups in total. The lowest BCUT2D eigenvalue weighted by Gasteiger charge is -1.90. The van der Waals surface area contributed by atoms with Crippen LogP contribution in [-0.4, -0.2) is 14.5 Å². The first kappa shape index (κ1) is 5.61. The fourth-order valence-corrected chi connectivity index (χ4v) is 1.26. The van der Waals surface area contributed by atoms with Crippen molar-refractivity contribution in [2.75, 3.05) is 0 Å². The molecule has 0 atom stereocenters. The Bertz CT molecular complexity index is 252. The van der Waals surface area contributed by atoms with Crippen molar-refractivity contribution in [1.82, 2.24) is 14.5 Å². The molecular weight excluding hydrogens is 146 g/mol. The van der Waals surface area contributed by atoms with Crippen LogP contribution < -0.4 is 0 Å². The summed E-state index contributed by atoms with van der Waals surface area (Å²) in [4.78, 5) is 8.01. The predicted molar refractivity (Wildman–Crippen MR) is 39.2 cm³/mol. The summed E-state index contributed by atoms with van der Waals surface area (Å²) in [5.41, 5.74) is 1.80. The third-order valence-electron chi connectivity index (χ3n) is 1.19. The molecule has 0 saturated heterocycles. The standard InChI is InChI=1S/C6H5N3S/c1-2-9(4-7-1)6-3-10-5-8-6/h1-5H. The average Bonchev–Trinajstić information content (AvgIpc) is 2.59. The Hall–Kier alpha value is -1.16. The molecule has 0 aromatic carbocycles. The summed E-state index contributed by atoms with van der Waals surface area (Å²) in [5.74, 6) is 0.933. The predicted octanol–water partition coefficient (Wildman–Crippen LogP) is 1.33. The minimum atomic E-state index is 0.933. The van der Waals surface area contributed by atoms with Crippen molar-refractivity contribution in [1.29, 1.82) is 0 Å². The minimum absolute atomic E-state index is 0.933. The highest BCUT2D eigenvalue weighted by molar-refractivity contribution is 7.07. The normalized spacial score (nSPS) is 10.0. The van der Waals surface area contributed by atoms with Crippen molar-refractivity contribution in [3.05, 3.63) is 29.6 Å². The maximum Gasteiger partial charge on any atom is 0.148 e. The van der Waals surface area contributed by atoms with E-state index in [1.54, 1.807) is 29.4 Å². The highest BCUT2D eigenvalue weighted by atomic mass is 32.1. The summed E-state index contributed by atoms with van der Waals surface area (Å²) in [6.45, 7) is 0. The van der Waals surface area contributed by atoms with E-state index in [9.17, 15) is 0 Å². The smallest absolute Gasteiger partial charge is 0.148 e. The fraction of sp³-hybridized carbons (Fsp3) is 0. The molecular formula is C6H5N3S. The molecule has 0 bridgehead atoms. The summed E-state index contributed by atoms with van der Waals surface area (Å²) in [6, 6.07) is 0. The Balaban J connectivity index is 2.48. The number of aromatic nitrogens is 3. The van der Waals surface area contributed by atoms with Gasteiger partial charge < -0.3 is 0 Å². The van der Waals surface area contributed by atoms with E-state index in [4.69, 9.17) is 0 Å². The third-order valence-corrected chi connectivity index (χ3v) is 1.76. The van der Waals surface area contributed by atoms with Gasteiger partial charge in [0.25, 0.3) is 0 Å². The third kappa shape index (κ3) is 0.823. The van der Waals surface area contributed by atoms with Crippen LogP contribution in [0.5, 0.6) is 0 Å². The van der Waals surface area contributed by atoms with Crippen LogP contribution in [0.1, 0.15) is 0 Å². The lowest BCUT2D eigenvalue weighted by Crippen LogP contribution is -1.87. The van der Waals surface area contributed by atoms with E-state index >= 15 is 0 Å². The van der Waals surface area contributed by atoms with E-state index in [-0.39, 0.29) is 0 Å². The molecule has 10 heavy (non-hydrogen) atoms. The topological polar surface area (TPSA) is 30.7 Å². The van der Waals surface area contributed by atoms with Crippen molar-refractivity contribution < 1.29 is 0 Å². The fourth-order valence-electron chi connectivity index (χ4n) is 0.728. The number of imidazole rings is 1. The summed E-state index contributed by atoms with van der Waals surface area (Å²) in [5, 5.41) is 1.97. The number of hydrogen-bond donors (Lipinski definition) is 0. The van der Waals surface area contributed by atoms with Gasteiger partial charge in [0.05, 0.1) is 5.51 Å². The molecule has 3 nitrogen and oxygen atoms in total. The maximum absolute atomic E-state index is 4.10. The zero-order chi connectivity index (χ0) is 6.81. The van der Waals surface area contributed by atoms with Gasteiger partial charge in [-0.1, -0.05) is 0 Å². The summed E-state index contributed by atoms with van der Waals surface area (Å²) in [7, 11) is 0. The molecule has 2 aromatic heterocycles. The van der Waals surface area contributed by atoms with Crippen molar-refractivity contribution in [2.24, 2.45) is 0 Å². The first-order valence-electron chi connectivity index (χ1n) is 2.83. The Labute approximate surface area is 62.0 Å². The number of thiazole rings is 1. The van der Waals surface area contributed by atoms with Gasteiger partial charge in [0.15, 0.2) is 0 Å². The highest BCUT2D eigenvalue weighted by Gasteiger charge is 1.93. The Morgan fingerprint density at radius 2 is 2.50 bits per heavy atom. The van der Waals surface area contributed by atoms with Crippen molar-refractivity contribution in [3.63, 3.8) is 0 Å². The molecule has 2 aromatic rings. The van der Waals surface area contributed by atoms with Gasteiger partial charge in [-0.15, -0.1) is 11.3 Å². The molecule has 0 fully saturated rings.